The van der Waals surface area contributed by atoms with E-state index in [1.54, 1.807) is 19.2 Å². The first-order valence-electron chi connectivity index (χ1n) is 9.33. The number of aryl methyl sites for hydroxylation is 4. The first-order valence-corrected chi connectivity index (χ1v) is 9.33. The molecule has 3 aromatic rings. The van der Waals surface area contributed by atoms with Crippen LogP contribution in [0.3, 0.4) is 0 Å². The van der Waals surface area contributed by atoms with E-state index in [9.17, 15) is 4.79 Å². The molecule has 3 aromatic heterocycles. The van der Waals surface area contributed by atoms with E-state index in [0.29, 0.717) is 23.9 Å². The monoisotopic (exact) mass is 378 g/mol. The topological polar surface area (TPSA) is 97.9 Å². The first-order chi connectivity index (χ1) is 13.4. The zero-order chi connectivity index (χ0) is 19.8. The molecule has 0 spiro atoms. The molecule has 4 rings (SSSR count). The van der Waals surface area contributed by atoms with Crippen molar-refractivity contribution < 1.29 is 9.32 Å². The summed E-state index contributed by atoms with van der Waals surface area (Å²) in [4.78, 5) is 32.5. The standard InChI is InChI=1S/C20H22N6O2/c1-11-19(12(2)28-25-11)17-10-16(23-14(4)24-17)18-6-5-9-26(18)20(27)15-7-8-21-13(3)22-15/h7-8,10,18H,5-6,9H2,1-4H3/t18-/m1/s1. The van der Waals surface area contributed by atoms with Crippen LogP contribution in [0.4, 0.5) is 0 Å². The molecule has 1 aliphatic rings. The van der Waals surface area contributed by atoms with Crippen molar-refractivity contribution >= 4 is 5.91 Å². The molecule has 8 nitrogen and oxygen atoms in total. The molecular weight excluding hydrogens is 356 g/mol. The van der Waals surface area contributed by atoms with Gasteiger partial charge in [-0.3, -0.25) is 4.79 Å². The predicted molar refractivity (Wildman–Crippen MR) is 102 cm³/mol. The lowest BCUT2D eigenvalue weighted by Gasteiger charge is -2.24. The van der Waals surface area contributed by atoms with E-state index in [0.717, 1.165) is 41.2 Å². The average molecular weight is 378 g/mol. The molecule has 0 radical (unpaired) electrons. The van der Waals surface area contributed by atoms with Gasteiger partial charge in [-0.05, 0) is 52.7 Å². The molecule has 1 saturated heterocycles. The van der Waals surface area contributed by atoms with E-state index in [1.165, 1.54) is 0 Å². The molecule has 1 fully saturated rings. The zero-order valence-electron chi connectivity index (χ0n) is 16.4. The van der Waals surface area contributed by atoms with Crippen LogP contribution in [-0.2, 0) is 0 Å². The normalized spacial score (nSPS) is 16.6. The van der Waals surface area contributed by atoms with Crippen molar-refractivity contribution in [1.29, 1.82) is 0 Å². The van der Waals surface area contributed by atoms with Gasteiger partial charge in [0.05, 0.1) is 28.7 Å². The fourth-order valence-corrected chi connectivity index (χ4v) is 3.78. The predicted octanol–water partition coefficient (Wildman–Crippen LogP) is 3.13. The van der Waals surface area contributed by atoms with E-state index >= 15 is 0 Å². The molecule has 144 valence electrons. The Bertz CT molecular complexity index is 1030. The third-order valence-electron chi connectivity index (χ3n) is 5.00. The molecular formula is C20H22N6O2. The Balaban J connectivity index is 1.71. The van der Waals surface area contributed by atoms with Crippen LogP contribution in [0.5, 0.6) is 0 Å². The maximum atomic E-state index is 13.1. The van der Waals surface area contributed by atoms with Crippen LogP contribution in [0.15, 0.2) is 22.9 Å². The summed E-state index contributed by atoms with van der Waals surface area (Å²) in [6.07, 6.45) is 3.39. The number of carbonyl (C=O) groups excluding carboxylic acids is 1. The van der Waals surface area contributed by atoms with E-state index in [-0.39, 0.29) is 11.9 Å². The third-order valence-corrected chi connectivity index (χ3v) is 5.00. The molecule has 1 aliphatic heterocycles. The molecule has 4 heterocycles. The molecule has 1 amide bonds. The highest BCUT2D eigenvalue weighted by Crippen LogP contribution is 2.34. The van der Waals surface area contributed by atoms with Gasteiger partial charge in [0.1, 0.15) is 23.1 Å². The van der Waals surface area contributed by atoms with Gasteiger partial charge in [0.15, 0.2) is 0 Å². The highest BCUT2D eigenvalue weighted by Gasteiger charge is 2.33. The zero-order valence-corrected chi connectivity index (χ0v) is 16.4. The largest absolute Gasteiger partial charge is 0.361 e. The highest BCUT2D eigenvalue weighted by molar-refractivity contribution is 5.92. The number of rotatable bonds is 3. The second-order valence-corrected chi connectivity index (χ2v) is 7.07. The van der Waals surface area contributed by atoms with Crippen molar-refractivity contribution in [3.63, 3.8) is 0 Å². The SMILES string of the molecule is Cc1nccc(C(=O)N2CCC[C@@H]2c2cc(-c3c(C)noc3C)nc(C)n2)n1. The quantitative estimate of drug-likeness (QED) is 0.690. The van der Waals surface area contributed by atoms with Crippen molar-refractivity contribution in [2.75, 3.05) is 6.54 Å². The third kappa shape index (κ3) is 3.26. The number of amides is 1. The van der Waals surface area contributed by atoms with Gasteiger partial charge in [-0.1, -0.05) is 5.16 Å². The molecule has 0 unspecified atom stereocenters. The Kier molecular flexibility index (Phi) is 4.62. The van der Waals surface area contributed by atoms with Gasteiger partial charge >= 0.3 is 0 Å². The highest BCUT2D eigenvalue weighted by atomic mass is 16.5. The molecule has 0 aromatic carbocycles. The van der Waals surface area contributed by atoms with Gasteiger partial charge in [-0.15, -0.1) is 0 Å². The average Bonchev–Trinajstić information content (AvgIpc) is 3.27. The molecule has 8 heteroatoms. The summed E-state index contributed by atoms with van der Waals surface area (Å²) in [5, 5.41) is 4.03. The van der Waals surface area contributed by atoms with Crippen molar-refractivity contribution in [1.82, 2.24) is 30.0 Å². The number of likely N-dealkylation sites (tertiary alicyclic amines) is 1. The lowest BCUT2D eigenvalue weighted by molar-refractivity contribution is 0.0726. The molecule has 1 atom stereocenters. The van der Waals surface area contributed by atoms with Crippen LogP contribution in [0.1, 0.15) is 58.2 Å². The van der Waals surface area contributed by atoms with E-state index < -0.39 is 0 Å². The molecule has 0 saturated carbocycles. The molecule has 0 bridgehead atoms. The Labute approximate surface area is 163 Å². The smallest absolute Gasteiger partial charge is 0.273 e. The molecule has 28 heavy (non-hydrogen) atoms. The van der Waals surface area contributed by atoms with Gasteiger partial charge < -0.3 is 9.42 Å². The number of hydrogen-bond acceptors (Lipinski definition) is 7. The van der Waals surface area contributed by atoms with Crippen molar-refractivity contribution in [3.8, 4) is 11.3 Å². The summed E-state index contributed by atoms with van der Waals surface area (Å²) >= 11 is 0. The molecule has 0 N–H and O–H groups in total. The van der Waals surface area contributed by atoms with E-state index in [2.05, 4.69) is 25.1 Å². The summed E-state index contributed by atoms with van der Waals surface area (Å²) < 4.78 is 5.29. The van der Waals surface area contributed by atoms with Crippen LogP contribution >= 0.6 is 0 Å². The Morgan fingerprint density at radius 3 is 2.68 bits per heavy atom. The van der Waals surface area contributed by atoms with Gasteiger partial charge in [-0.2, -0.15) is 0 Å². The first kappa shape index (κ1) is 18.2. The Hall–Kier alpha value is -3.16. The number of carbonyl (C=O) groups is 1. The fraction of sp³-hybridized carbons (Fsp3) is 0.400. The Morgan fingerprint density at radius 1 is 1.14 bits per heavy atom. The number of aromatic nitrogens is 5. The summed E-state index contributed by atoms with van der Waals surface area (Å²) in [6.45, 7) is 8.08. The van der Waals surface area contributed by atoms with Gasteiger partial charge in [0.2, 0.25) is 0 Å². The summed E-state index contributed by atoms with van der Waals surface area (Å²) in [5.41, 5.74) is 3.69. The minimum atomic E-state index is -0.108. The second kappa shape index (κ2) is 7.10. The summed E-state index contributed by atoms with van der Waals surface area (Å²) in [6, 6.07) is 3.50. The van der Waals surface area contributed by atoms with E-state index in [1.807, 2.05) is 31.7 Å². The minimum Gasteiger partial charge on any atom is -0.361 e. The van der Waals surface area contributed by atoms with Crippen molar-refractivity contribution in [2.24, 2.45) is 0 Å². The van der Waals surface area contributed by atoms with Crippen molar-refractivity contribution in [3.05, 3.63) is 52.8 Å². The van der Waals surface area contributed by atoms with Gasteiger partial charge in [0, 0.05) is 12.7 Å². The summed E-state index contributed by atoms with van der Waals surface area (Å²) in [5.74, 6) is 1.87. The number of nitrogens with zero attached hydrogens (tertiary/aromatic N) is 6. The lowest BCUT2D eigenvalue weighted by Crippen LogP contribution is -2.32. The maximum absolute atomic E-state index is 13.1. The molecule has 0 aliphatic carbocycles. The van der Waals surface area contributed by atoms with Crippen LogP contribution in [0.25, 0.3) is 11.3 Å². The van der Waals surface area contributed by atoms with Crippen LogP contribution < -0.4 is 0 Å². The minimum absolute atomic E-state index is 0.0943. The Morgan fingerprint density at radius 2 is 1.96 bits per heavy atom. The van der Waals surface area contributed by atoms with Gasteiger partial charge in [0.25, 0.3) is 5.91 Å². The second-order valence-electron chi connectivity index (χ2n) is 7.07. The maximum Gasteiger partial charge on any atom is 0.273 e. The van der Waals surface area contributed by atoms with Crippen LogP contribution in [-0.4, -0.2) is 42.4 Å². The summed E-state index contributed by atoms with van der Waals surface area (Å²) in [7, 11) is 0. The van der Waals surface area contributed by atoms with E-state index in [4.69, 9.17) is 4.52 Å². The van der Waals surface area contributed by atoms with Crippen LogP contribution in [0.2, 0.25) is 0 Å². The van der Waals surface area contributed by atoms with Gasteiger partial charge in [-0.25, -0.2) is 19.9 Å². The number of hydrogen-bond donors (Lipinski definition) is 0. The lowest BCUT2D eigenvalue weighted by atomic mass is 10.1. The van der Waals surface area contributed by atoms with Crippen LogP contribution in [0, 0.1) is 27.7 Å². The fourth-order valence-electron chi connectivity index (χ4n) is 3.78. The van der Waals surface area contributed by atoms with Crippen molar-refractivity contribution in [2.45, 2.75) is 46.6 Å².